The number of para-hydroxylation sites is 1. The number of phenolic OH excluding ortho intramolecular Hbond substituents is 1. The van der Waals surface area contributed by atoms with Crippen molar-refractivity contribution in [3.8, 4) is 5.75 Å². The van der Waals surface area contributed by atoms with Crippen molar-refractivity contribution in [1.82, 2.24) is 30.1 Å². The highest BCUT2D eigenvalue weighted by molar-refractivity contribution is 7.22. The highest BCUT2D eigenvalue weighted by Crippen LogP contribution is 2.33. The van der Waals surface area contributed by atoms with Crippen LogP contribution in [0.4, 0.5) is 15.6 Å². The Kier molecular flexibility index (Phi) is 6.95. The molecule has 2 atom stereocenters. The molecule has 3 heterocycles. The van der Waals surface area contributed by atoms with Gasteiger partial charge < -0.3 is 31.7 Å². The van der Waals surface area contributed by atoms with Gasteiger partial charge in [-0.05, 0) is 43.2 Å². The van der Waals surface area contributed by atoms with Gasteiger partial charge in [0, 0.05) is 26.1 Å². The molecule has 0 spiro atoms. The van der Waals surface area contributed by atoms with Crippen molar-refractivity contribution in [1.29, 1.82) is 0 Å². The molecule has 0 bridgehead atoms. The lowest BCUT2D eigenvalue weighted by Gasteiger charge is -2.47. The van der Waals surface area contributed by atoms with E-state index in [-0.39, 0.29) is 61.4 Å². The van der Waals surface area contributed by atoms with Crippen LogP contribution in [0.5, 0.6) is 5.75 Å². The molecule has 4 amide bonds. The van der Waals surface area contributed by atoms with E-state index < -0.39 is 12.2 Å². The number of phenols is 1. The van der Waals surface area contributed by atoms with E-state index >= 15 is 0 Å². The Bertz CT molecular complexity index is 1440. The highest BCUT2D eigenvalue weighted by atomic mass is 32.1. The number of anilines is 2. The number of piperazine rings is 1. The number of rotatable bonds is 6. The molecule has 0 saturated carbocycles. The number of benzene rings is 2. The van der Waals surface area contributed by atoms with Gasteiger partial charge in [-0.25, -0.2) is 9.78 Å². The van der Waals surface area contributed by atoms with Crippen molar-refractivity contribution in [2.75, 3.05) is 31.6 Å². The zero-order chi connectivity index (χ0) is 28.0. The molecule has 2 saturated heterocycles. The SMILES string of the molecule is CNC(=O)N(C(C)C)N1CC(=O)N2C1CN(Cc1cccc3sc(N)nc13)C(=O)[C@@H]2Cc1ccc(O)c(N)c1. The fourth-order valence-electron chi connectivity index (χ4n) is 5.44. The van der Waals surface area contributed by atoms with Gasteiger partial charge in [-0.3, -0.25) is 14.6 Å². The van der Waals surface area contributed by atoms with E-state index in [9.17, 15) is 19.5 Å². The molecule has 1 aromatic heterocycles. The fourth-order valence-corrected chi connectivity index (χ4v) is 6.22. The molecule has 2 aliphatic heterocycles. The number of urea groups is 1. The van der Waals surface area contributed by atoms with Crippen molar-refractivity contribution in [3.63, 3.8) is 0 Å². The number of hydrogen-bond acceptors (Lipinski definition) is 9. The Morgan fingerprint density at radius 3 is 2.72 bits per heavy atom. The molecule has 3 aromatic rings. The lowest BCUT2D eigenvalue weighted by atomic mass is 9.99. The van der Waals surface area contributed by atoms with Crippen molar-refractivity contribution < 1.29 is 19.5 Å². The summed E-state index contributed by atoms with van der Waals surface area (Å²) in [4.78, 5) is 48.1. The highest BCUT2D eigenvalue weighted by Gasteiger charge is 2.52. The number of carbonyl (C=O) groups is 3. The van der Waals surface area contributed by atoms with Gasteiger partial charge in [-0.1, -0.05) is 29.5 Å². The van der Waals surface area contributed by atoms with Gasteiger partial charge in [0.25, 0.3) is 0 Å². The van der Waals surface area contributed by atoms with E-state index in [1.807, 2.05) is 32.0 Å². The molecule has 2 aliphatic rings. The number of hydrogen-bond donors (Lipinski definition) is 4. The van der Waals surface area contributed by atoms with Crippen molar-refractivity contribution in [3.05, 3.63) is 47.5 Å². The summed E-state index contributed by atoms with van der Waals surface area (Å²) < 4.78 is 0.926. The van der Waals surface area contributed by atoms with Gasteiger partial charge >= 0.3 is 6.03 Å². The van der Waals surface area contributed by atoms with Crippen molar-refractivity contribution >= 4 is 50.2 Å². The number of amides is 4. The minimum absolute atomic E-state index is 0.0379. The number of carbonyl (C=O) groups excluding carboxylic acids is 3. The van der Waals surface area contributed by atoms with Crippen LogP contribution in [0.3, 0.4) is 0 Å². The molecule has 13 heteroatoms. The van der Waals surface area contributed by atoms with Crippen molar-refractivity contribution in [2.45, 2.75) is 45.1 Å². The second-order valence-electron chi connectivity index (χ2n) is 10.0. The summed E-state index contributed by atoms with van der Waals surface area (Å²) in [7, 11) is 1.54. The first-order valence-corrected chi connectivity index (χ1v) is 13.5. The van der Waals surface area contributed by atoms with E-state index in [1.165, 1.54) is 22.4 Å². The van der Waals surface area contributed by atoms with Crippen LogP contribution in [0.1, 0.15) is 25.0 Å². The van der Waals surface area contributed by atoms with E-state index in [1.54, 1.807) is 34.0 Å². The number of hydrazine groups is 1. The first-order chi connectivity index (χ1) is 18.6. The second kappa shape index (κ2) is 10.2. The number of nitrogen functional groups attached to an aromatic ring is 2. The van der Waals surface area contributed by atoms with Crippen LogP contribution in [0, 0.1) is 0 Å². The molecule has 0 radical (unpaired) electrons. The van der Waals surface area contributed by atoms with Crippen LogP contribution in [0.15, 0.2) is 36.4 Å². The summed E-state index contributed by atoms with van der Waals surface area (Å²) in [6.45, 7) is 4.18. The number of aromatic nitrogens is 1. The summed E-state index contributed by atoms with van der Waals surface area (Å²) >= 11 is 1.38. The lowest BCUT2D eigenvalue weighted by Crippen LogP contribution is -2.66. The number of fused-ring (bicyclic) bond motifs is 2. The van der Waals surface area contributed by atoms with E-state index in [2.05, 4.69) is 10.3 Å². The molecule has 1 unspecified atom stereocenters. The predicted molar refractivity (Wildman–Crippen MR) is 148 cm³/mol. The smallest absolute Gasteiger partial charge is 0.331 e. The largest absolute Gasteiger partial charge is 0.506 e. The first-order valence-electron chi connectivity index (χ1n) is 12.7. The second-order valence-corrected chi connectivity index (χ2v) is 11.1. The number of nitrogens with one attached hydrogen (secondary N) is 1. The summed E-state index contributed by atoms with van der Waals surface area (Å²) in [5, 5.41) is 16.3. The zero-order valence-corrected chi connectivity index (χ0v) is 22.8. The third kappa shape index (κ3) is 4.79. The molecule has 2 fully saturated rings. The molecule has 12 nitrogen and oxygen atoms in total. The Hall–Kier alpha value is -4.10. The normalized spacial score (nSPS) is 19.7. The van der Waals surface area contributed by atoms with Gasteiger partial charge in [-0.2, -0.15) is 5.01 Å². The number of aromatic hydroxyl groups is 1. The Morgan fingerprint density at radius 2 is 2.03 bits per heavy atom. The monoisotopic (exact) mass is 552 g/mol. The number of thiazole rings is 1. The van der Waals surface area contributed by atoms with Gasteiger partial charge in [-0.15, -0.1) is 0 Å². The van der Waals surface area contributed by atoms with Crippen LogP contribution in [0.25, 0.3) is 10.2 Å². The standard InChI is InChI=1S/C26H32N8O4S/c1-14(2)34(26(38)29-3)32-13-22(36)33-18(10-15-7-8-19(35)17(27)9-15)24(37)31(12-21(32)33)11-16-5-4-6-20-23(16)30-25(28)39-20/h4-9,14,18,21,35H,10-13,27H2,1-3H3,(H2,28,30)(H,29,38)/t18-,21?/m0/s1. The quantitative estimate of drug-likeness (QED) is 0.265. The van der Waals surface area contributed by atoms with Gasteiger partial charge in [0.1, 0.15) is 18.0 Å². The third-order valence-electron chi connectivity index (χ3n) is 7.16. The summed E-state index contributed by atoms with van der Waals surface area (Å²) in [6.07, 6.45) is -0.361. The molecule has 5 rings (SSSR count). The predicted octanol–water partition coefficient (Wildman–Crippen LogP) is 1.55. The van der Waals surface area contributed by atoms with Crippen LogP contribution < -0.4 is 16.8 Å². The van der Waals surface area contributed by atoms with Gasteiger partial charge in [0.2, 0.25) is 11.8 Å². The van der Waals surface area contributed by atoms with Crippen molar-refractivity contribution in [2.24, 2.45) is 0 Å². The maximum atomic E-state index is 14.0. The van der Waals surface area contributed by atoms with E-state index in [0.717, 1.165) is 15.8 Å². The Labute approximate surface area is 229 Å². The maximum absolute atomic E-state index is 14.0. The summed E-state index contributed by atoms with van der Waals surface area (Å²) in [6, 6.07) is 9.14. The zero-order valence-electron chi connectivity index (χ0n) is 22.0. The maximum Gasteiger partial charge on any atom is 0.331 e. The Balaban J connectivity index is 1.54. The van der Waals surface area contributed by atoms with Crippen LogP contribution in [0.2, 0.25) is 0 Å². The van der Waals surface area contributed by atoms with Gasteiger partial charge in [0.15, 0.2) is 5.13 Å². The Morgan fingerprint density at radius 1 is 1.26 bits per heavy atom. The fraction of sp³-hybridized carbons (Fsp3) is 0.385. The van der Waals surface area contributed by atoms with E-state index in [0.29, 0.717) is 10.7 Å². The molecular weight excluding hydrogens is 520 g/mol. The molecular formula is C26H32N8O4S. The number of nitrogens with two attached hydrogens (primary N) is 2. The third-order valence-corrected chi connectivity index (χ3v) is 8.01. The van der Waals surface area contributed by atoms with Gasteiger partial charge in [0.05, 0.1) is 29.0 Å². The topological polar surface area (TPSA) is 161 Å². The van der Waals surface area contributed by atoms with Crippen LogP contribution in [-0.4, -0.2) is 86.1 Å². The van der Waals surface area contributed by atoms with Crippen LogP contribution >= 0.6 is 11.3 Å². The molecule has 206 valence electrons. The molecule has 0 aliphatic carbocycles. The number of nitrogens with zero attached hydrogens (tertiary/aromatic N) is 5. The van der Waals surface area contributed by atoms with E-state index in [4.69, 9.17) is 11.5 Å². The average Bonchev–Trinajstić information content (AvgIpc) is 3.43. The molecule has 6 N–H and O–H groups in total. The summed E-state index contributed by atoms with van der Waals surface area (Å²) in [5.74, 6) is -0.511. The minimum Gasteiger partial charge on any atom is -0.506 e. The lowest BCUT2D eigenvalue weighted by molar-refractivity contribution is -0.158. The first kappa shape index (κ1) is 26.5. The molecule has 39 heavy (non-hydrogen) atoms. The molecule has 2 aromatic carbocycles. The summed E-state index contributed by atoms with van der Waals surface area (Å²) in [5.41, 5.74) is 14.4. The average molecular weight is 553 g/mol. The minimum atomic E-state index is -0.830. The van der Waals surface area contributed by atoms with Crippen LogP contribution in [-0.2, 0) is 22.6 Å².